The molecule has 1 aromatic heterocycles. The van der Waals surface area contributed by atoms with E-state index in [1.54, 1.807) is 29.6 Å². The molecule has 31 heavy (non-hydrogen) atoms. The number of ether oxygens (including phenoxy) is 2. The number of rotatable bonds is 5. The van der Waals surface area contributed by atoms with Crippen molar-refractivity contribution >= 4 is 38.6 Å². The van der Waals surface area contributed by atoms with Gasteiger partial charge in [-0.15, -0.1) is 11.3 Å². The zero-order valence-electron chi connectivity index (χ0n) is 17.3. The van der Waals surface area contributed by atoms with Gasteiger partial charge in [0.1, 0.15) is 23.0 Å². The number of anilines is 2. The Morgan fingerprint density at radius 1 is 1.00 bits per heavy atom. The maximum absolute atomic E-state index is 13.3. The predicted octanol–water partition coefficient (Wildman–Crippen LogP) is 4.21. The summed E-state index contributed by atoms with van der Waals surface area (Å²) in [5.41, 5.74) is 3.09. The first-order chi connectivity index (χ1) is 14.8. The van der Waals surface area contributed by atoms with Crippen LogP contribution < -0.4 is 19.1 Å². The minimum Gasteiger partial charge on any atom is -0.486 e. The van der Waals surface area contributed by atoms with Gasteiger partial charge in [0, 0.05) is 18.8 Å². The minimum atomic E-state index is -3.92. The van der Waals surface area contributed by atoms with Crippen molar-refractivity contribution in [2.24, 2.45) is 0 Å². The molecule has 2 heterocycles. The smallest absolute Gasteiger partial charge is 0.267 e. The van der Waals surface area contributed by atoms with Crippen LogP contribution in [0.1, 0.15) is 20.8 Å². The number of amides is 1. The third-order valence-corrected chi connectivity index (χ3v) is 8.00. The molecule has 0 unspecified atom stereocenters. The van der Waals surface area contributed by atoms with Crippen LogP contribution in [0.4, 0.5) is 11.4 Å². The Hall–Kier alpha value is -3.04. The highest BCUT2D eigenvalue weighted by Crippen LogP contribution is 2.34. The first kappa shape index (κ1) is 21.2. The van der Waals surface area contributed by atoms with Crippen LogP contribution in [-0.2, 0) is 10.0 Å². The van der Waals surface area contributed by atoms with Crippen molar-refractivity contribution in [1.29, 1.82) is 0 Å². The molecule has 0 spiro atoms. The monoisotopic (exact) mass is 458 g/mol. The molecule has 4 rings (SSSR count). The quantitative estimate of drug-likeness (QED) is 0.619. The van der Waals surface area contributed by atoms with Gasteiger partial charge in [-0.25, -0.2) is 8.42 Å². The number of benzene rings is 2. The lowest BCUT2D eigenvalue weighted by Crippen LogP contribution is -2.28. The molecule has 0 bridgehead atoms. The van der Waals surface area contributed by atoms with E-state index in [0.717, 1.165) is 22.5 Å². The number of nitrogens with zero attached hydrogens (tertiary/aromatic N) is 1. The van der Waals surface area contributed by atoms with Gasteiger partial charge in [-0.05, 0) is 60.7 Å². The molecule has 0 radical (unpaired) electrons. The van der Waals surface area contributed by atoms with Gasteiger partial charge in [0.15, 0.2) is 11.5 Å². The molecule has 0 saturated carbocycles. The summed E-state index contributed by atoms with van der Waals surface area (Å²) in [5, 5.41) is 4.35. The molecule has 1 aliphatic heterocycles. The van der Waals surface area contributed by atoms with E-state index in [-0.39, 0.29) is 9.77 Å². The largest absolute Gasteiger partial charge is 0.486 e. The van der Waals surface area contributed by atoms with Crippen LogP contribution in [0.15, 0.2) is 52.7 Å². The van der Waals surface area contributed by atoms with Gasteiger partial charge in [-0.2, -0.15) is 0 Å². The summed E-state index contributed by atoms with van der Waals surface area (Å²) in [7, 11) is -2.44. The van der Waals surface area contributed by atoms with Gasteiger partial charge in [-0.1, -0.05) is 6.07 Å². The molecule has 9 heteroatoms. The van der Waals surface area contributed by atoms with Gasteiger partial charge < -0.3 is 14.8 Å². The molecular weight excluding hydrogens is 436 g/mol. The van der Waals surface area contributed by atoms with E-state index in [9.17, 15) is 13.2 Å². The molecule has 0 atom stereocenters. The highest BCUT2D eigenvalue weighted by atomic mass is 32.2. The summed E-state index contributed by atoms with van der Waals surface area (Å²) in [4.78, 5) is 13.0. The van der Waals surface area contributed by atoms with E-state index in [1.807, 2.05) is 26.0 Å². The number of thiophene rings is 1. The Kier molecular flexibility index (Phi) is 5.63. The van der Waals surface area contributed by atoms with Crippen molar-refractivity contribution in [2.75, 3.05) is 29.9 Å². The lowest BCUT2D eigenvalue weighted by atomic mass is 10.1. The van der Waals surface area contributed by atoms with Crippen molar-refractivity contribution < 1.29 is 22.7 Å². The van der Waals surface area contributed by atoms with Crippen molar-refractivity contribution in [3.8, 4) is 11.5 Å². The normalized spacial score (nSPS) is 13.0. The molecule has 7 nitrogen and oxygen atoms in total. The van der Waals surface area contributed by atoms with Crippen LogP contribution >= 0.6 is 11.3 Å². The number of fused-ring (bicyclic) bond motifs is 1. The van der Waals surface area contributed by atoms with E-state index >= 15 is 0 Å². The number of carbonyl (C=O) groups excluding carboxylic acids is 1. The zero-order chi connectivity index (χ0) is 22.2. The van der Waals surface area contributed by atoms with Crippen LogP contribution in [0, 0.1) is 13.8 Å². The Bertz CT molecular complexity index is 1250. The van der Waals surface area contributed by atoms with E-state index < -0.39 is 15.9 Å². The second-order valence-electron chi connectivity index (χ2n) is 7.17. The molecule has 3 aromatic rings. The number of hydrogen-bond donors (Lipinski definition) is 1. The van der Waals surface area contributed by atoms with Gasteiger partial charge in [0.2, 0.25) is 0 Å². The lowest BCUT2D eigenvalue weighted by molar-refractivity contribution is 0.102. The molecule has 0 fully saturated rings. The second-order valence-corrected chi connectivity index (χ2v) is 10.0. The standard InChI is InChI=1S/C22H22N2O5S2/c1-14-4-6-17(12-15(14)2)24(3)31(26,27)20-8-11-30-21(20)22(25)23-16-5-7-18-19(13-16)29-10-9-28-18/h4-8,11-13H,9-10H2,1-3H3,(H,23,25). The summed E-state index contributed by atoms with van der Waals surface area (Å²) >= 11 is 1.08. The molecule has 1 N–H and O–H groups in total. The third-order valence-electron chi connectivity index (χ3n) is 5.13. The van der Waals surface area contributed by atoms with Crippen molar-refractivity contribution in [3.63, 3.8) is 0 Å². The molecule has 162 valence electrons. The van der Waals surface area contributed by atoms with Gasteiger partial charge in [-0.3, -0.25) is 9.10 Å². The molecular formula is C22H22N2O5S2. The number of carbonyl (C=O) groups is 1. The number of nitrogens with one attached hydrogen (secondary N) is 1. The van der Waals surface area contributed by atoms with Gasteiger partial charge in [0.05, 0.1) is 5.69 Å². The molecule has 0 aliphatic carbocycles. The van der Waals surface area contributed by atoms with E-state index in [0.29, 0.717) is 36.1 Å². The lowest BCUT2D eigenvalue weighted by Gasteiger charge is -2.21. The highest BCUT2D eigenvalue weighted by Gasteiger charge is 2.29. The summed E-state index contributed by atoms with van der Waals surface area (Å²) in [5.74, 6) is 0.648. The molecule has 0 saturated heterocycles. The maximum atomic E-state index is 13.3. The Labute approximate surface area is 185 Å². The summed E-state index contributed by atoms with van der Waals surface area (Å²) in [6, 6.07) is 12.0. The summed E-state index contributed by atoms with van der Waals surface area (Å²) < 4.78 is 38.8. The van der Waals surface area contributed by atoms with E-state index in [4.69, 9.17) is 9.47 Å². The van der Waals surface area contributed by atoms with Crippen molar-refractivity contribution in [3.05, 3.63) is 63.8 Å². The average molecular weight is 459 g/mol. The highest BCUT2D eigenvalue weighted by molar-refractivity contribution is 7.93. The Balaban J connectivity index is 1.60. The number of hydrogen-bond acceptors (Lipinski definition) is 6. The fourth-order valence-electron chi connectivity index (χ4n) is 3.18. The Morgan fingerprint density at radius 3 is 2.48 bits per heavy atom. The van der Waals surface area contributed by atoms with E-state index in [2.05, 4.69) is 5.32 Å². The zero-order valence-corrected chi connectivity index (χ0v) is 19.0. The first-order valence-electron chi connectivity index (χ1n) is 9.62. The van der Waals surface area contributed by atoms with Gasteiger partial charge >= 0.3 is 0 Å². The molecule has 2 aromatic carbocycles. The number of aryl methyl sites for hydroxylation is 2. The molecule has 1 amide bonds. The fourth-order valence-corrected chi connectivity index (χ4v) is 5.66. The van der Waals surface area contributed by atoms with Crippen molar-refractivity contribution in [1.82, 2.24) is 0 Å². The average Bonchev–Trinajstić information content (AvgIpc) is 3.26. The third kappa shape index (κ3) is 4.11. The van der Waals surface area contributed by atoms with Crippen LogP contribution in [0.3, 0.4) is 0 Å². The van der Waals surface area contributed by atoms with Crippen LogP contribution in [0.5, 0.6) is 11.5 Å². The first-order valence-corrected chi connectivity index (χ1v) is 11.9. The van der Waals surface area contributed by atoms with Gasteiger partial charge in [0.25, 0.3) is 15.9 Å². The fraction of sp³-hybridized carbons (Fsp3) is 0.227. The minimum absolute atomic E-state index is 0.0340. The summed E-state index contributed by atoms with van der Waals surface area (Å²) in [6.45, 7) is 4.80. The van der Waals surface area contributed by atoms with Crippen LogP contribution in [0.2, 0.25) is 0 Å². The predicted molar refractivity (Wildman–Crippen MR) is 121 cm³/mol. The molecule has 1 aliphatic rings. The topological polar surface area (TPSA) is 84.9 Å². The van der Waals surface area contributed by atoms with Crippen LogP contribution in [0.25, 0.3) is 0 Å². The second kappa shape index (κ2) is 8.24. The van der Waals surface area contributed by atoms with E-state index in [1.165, 1.54) is 17.4 Å². The van der Waals surface area contributed by atoms with Crippen molar-refractivity contribution in [2.45, 2.75) is 18.7 Å². The Morgan fingerprint density at radius 2 is 1.74 bits per heavy atom. The van der Waals surface area contributed by atoms with Crippen LogP contribution in [-0.4, -0.2) is 34.6 Å². The number of sulfonamides is 1. The summed E-state index contributed by atoms with van der Waals surface area (Å²) in [6.07, 6.45) is 0. The SMILES string of the molecule is Cc1ccc(N(C)S(=O)(=O)c2ccsc2C(=O)Nc2ccc3c(c2)OCCO3)cc1C. The maximum Gasteiger partial charge on any atom is 0.267 e.